The second-order valence-corrected chi connectivity index (χ2v) is 5.41. The number of carbonyl (C=O) groups excluding carboxylic acids is 1. The number of aliphatic carboxylic acids is 1. The highest BCUT2D eigenvalue weighted by molar-refractivity contribution is 5.87. The van der Waals surface area contributed by atoms with Gasteiger partial charge in [0, 0.05) is 19.7 Å². The Kier molecular flexibility index (Phi) is 4.42. The maximum absolute atomic E-state index is 12.4. The first-order chi connectivity index (χ1) is 9.10. The average Bonchev–Trinajstić information content (AvgIpc) is 2.79. The third kappa shape index (κ3) is 2.60. The number of ether oxygens (including phenoxy) is 1. The lowest BCUT2D eigenvalue weighted by Gasteiger charge is -2.34. The smallest absolute Gasteiger partial charge is 0.326 e. The van der Waals surface area contributed by atoms with Crippen LogP contribution < -0.4 is 5.73 Å². The van der Waals surface area contributed by atoms with Crippen LogP contribution in [0.2, 0.25) is 0 Å². The van der Waals surface area contributed by atoms with Crippen LogP contribution in [0.15, 0.2) is 0 Å². The molecule has 2 rings (SSSR count). The Labute approximate surface area is 112 Å². The van der Waals surface area contributed by atoms with Crippen molar-refractivity contribution in [2.45, 2.75) is 50.3 Å². The summed E-state index contributed by atoms with van der Waals surface area (Å²) >= 11 is 0. The van der Waals surface area contributed by atoms with E-state index in [4.69, 9.17) is 10.5 Å². The molecule has 4 atom stereocenters. The van der Waals surface area contributed by atoms with Crippen molar-refractivity contribution in [3.63, 3.8) is 0 Å². The summed E-state index contributed by atoms with van der Waals surface area (Å²) < 4.78 is 5.07. The highest BCUT2D eigenvalue weighted by atomic mass is 16.5. The number of amides is 1. The van der Waals surface area contributed by atoms with Crippen LogP contribution in [-0.2, 0) is 14.3 Å². The second-order valence-electron chi connectivity index (χ2n) is 5.41. The average molecular weight is 270 g/mol. The molecular weight excluding hydrogens is 248 g/mol. The lowest BCUT2D eigenvalue weighted by Crippen LogP contribution is -2.52. The maximum Gasteiger partial charge on any atom is 0.326 e. The summed E-state index contributed by atoms with van der Waals surface area (Å²) in [6, 6.07) is -0.670. The fourth-order valence-corrected chi connectivity index (χ4v) is 3.46. The highest BCUT2D eigenvalue weighted by Crippen LogP contribution is 2.40. The summed E-state index contributed by atoms with van der Waals surface area (Å²) in [5, 5.41) is 9.34. The fraction of sp³-hybridized carbons (Fsp3) is 0.846. The molecule has 4 unspecified atom stereocenters. The summed E-state index contributed by atoms with van der Waals surface area (Å²) in [4.78, 5) is 25.4. The molecule has 1 aliphatic heterocycles. The van der Waals surface area contributed by atoms with Crippen molar-refractivity contribution in [1.29, 1.82) is 0 Å². The molecule has 6 heteroatoms. The molecule has 2 fully saturated rings. The first-order valence-electron chi connectivity index (χ1n) is 6.88. The van der Waals surface area contributed by atoms with Gasteiger partial charge in [-0.3, -0.25) is 4.79 Å². The minimum atomic E-state index is -0.922. The van der Waals surface area contributed by atoms with Crippen molar-refractivity contribution in [1.82, 2.24) is 4.90 Å². The number of fused-ring (bicyclic) bond motifs is 1. The van der Waals surface area contributed by atoms with Crippen molar-refractivity contribution in [2.24, 2.45) is 11.7 Å². The van der Waals surface area contributed by atoms with Crippen LogP contribution in [0.4, 0.5) is 0 Å². The van der Waals surface area contributed by atoms with Gasteiger partial charge in [-0.2, -0.15) is 0 Å². The van der Waals surface area contributed by atoms with E-state index in [2.05, 4.69) is 0 Å². The number of carboxylic acid groups (broad SMARTS) is 1. The lowest BCUT2D eigenvalue weighted by molar-refractivity contribution is -0.154. The first kappa shape index (κ1) is 14.3. The van der Waals surface area contributed by atoms with E-state index < -0.39 is 18.1 Å². The number of hydrogen-bond acceptors (Lipinski definition) is 4. The van der Waals surface area contributed by atoms with Crippen LogP contribution in [0.1, 0.15) is 32.1 Å². The number of nitrogens with zero attached hydrogens (tertiary/aromatic N) is 1. The molecule has 1 aliphatic carbocycles. The molecule has 0 bridgehead atoms. The minimum absolute atomic E-state index is 0.0477. The molecule has 1 saturated carbocycles. The molecule has 19 heavy (non-hydrogen) atoms. The van der Waals surface area contributed by atoms with Gasteiger partial charge in [0.25, 0.3) is 5.91 Å². The Morgan fingerprint density at radius 3 is 2.68 bits per heavy atom. The van der Waals surface area contributed by atoms with Crippen molar-refractivity contribution in [3.05, 3.63) is 0 Å². The van der Waals surface area contributed by atoms with Gasteiger partial charge in [-0.05, 0) is 25.2 Å². The normalized spacial score (nSPS) is 31.9. The zero-order valence-electron chi connectivity index (χ0n) is 11.2. The third-order valence-corrected chi connectivity index (χ3v) is 4.40. The predicted molar refractivity (Wildman–Crippen MR) is 68.5 cm³/mol. The van der Waals surface area contributed by atoms with Gasteiger partial charge >= 0.3 is 5.97 Å². The van der Waals surface area contributed by atoms with Crippen molar-refractivity contribution in [2.75, 3.05) is 13.7 Å². The summed E-state index contributed by atoms with van der Waals surface area (Å²) in [6.45, 7) is 0.0789. The van der Waals surface area contributed by atoms with Crippen LogP contribution in [0.5, 0.6) is 0 Å². The Balaban J connectivity index is 2.22. The standard InChI is InChI=1S/C13H22N2O4/c1-19-11(7-14)12(16)15-9-5-3-2-4-8(9)6-10(15)13(17)18/h8-11H,2-7,14H2,1H3,(H,17,18). The summed E-state index contributed by atoms with van der Waals surface area (Å²) in [5.74, 6) is -0.879. The van der Waals surface area contributed by atoms with Crippen LogP contribution in [0.3, 0.4) is 0 Å². The van der Waals surface area contributed by atoms with Crippen LogP contribution in [0.25, 0.3) is 0 Å². The molecule has 0 aromatic heterocycles. The highest BCUT2D eigenvalue weighted by Gasteiger charge is 2.48. The molecular formula is C13H22N2O4. The molecule has 6 nitrogen and oxygen atoms in total. The lowest BCUT2D eigenvalue weighted by atomic mass is 9.84. The predicted octanol–water partition coefficient (Wildman–Crippen LogP) is 0.204. The fourth-order valence-electron chi connectivity index (χ4n) is 3.46. The zero-order valence-corrected chi connectivity index (χ0v) is 11.2. The zero-order chi connectivity index (χ0) is 14.0. The molecule has 0 aromatic rings. The van der Waals surface area contributed by atoms with Gasteiger partial charge in [0.05, 0.1) is 0 Å². The minimum Gasteiger partial charge on any atom is -0.480 e. The van der Waals surface area contributed by atoms with Gasteiger partial charge in [0.2, 0.25) is 0 Å². The van der Waals surface area contributed by atoms with E-state index in [1.165, 1.54) is 12.0 Å². The Bertz CT molecular complexity index is 357. The van der Waals surface area contributed by atoms with Gasteiger partial charge in [-0.1, -0.05) is 12.8 Å². The molecule has 1 heterocycles. The summed E-state index contributed by atoms with van der Waals surface area (Å²) in [5.41, 5.74) is 5.52. The Morgan fingerprint density at radius 2 is 2.11 bits per heavy atom. The monoisotopic (exact) mass is 270 g/mol. The maximum atomic E-state index is 12.4. The Morgan fingerprint density at radius 1 is 1.42 bits per heavy atom. The summed E-state index contributed by atoms with van der Waals surface area (Å²) in [7, 11) is 1.43. The van der Waals surface area contributed by atoms with Gasteiger partial charge in [-0.15, -0.1) is 0 Å². The second kappa shape index (κ2) is 5.88. The van der Waals surface area contributed by atoms with E-state index in [9.17, 15) is 14.7 Å². The van der Waals surface area contributed by atoms with E-state index >= 15 is 0 Å². The van der Waals surface area contributed by atoms with Crippen molar-refractivity contribution in [3.8, 4) is 0 Å². The SMILES string of the molecule is COC(CN)C(=O)N1C(C(=O)O)CC2CCCCC21. The molecule has 1 amide bonds. The topological polar surface area (TPSA) is 92.9 Å². The van der Waals surface area contributed by atoms with Gasteiger partial charge in [0.1, 0.15) is 12.1 Å². The molecule has 108 valence electrons. The van der Waals surface area contributed by atoms with E-state index in [1.807, 2.05) is 0 Å². The number of carbonyl (C=O) groups is 2. The number of carboxylic acids is 1. The largest absolute Gasteiger partial charge is 0.480 e. The third-order valence-electron chi connectivity index (χ3n) is 4.40. The van der Waals surface area contributed by atoms with Crippen LogP contribution in [0, 0.1) is 5.92 Å². The first-order valence-corrected chi connectivity index (χ1v) is 6.88. The number of rotatable bonds is 4. The van der Waals surface area contributed by atoms with E-state index in [0.717, 1.165) is 25.7 Å². The van der Waals surface area contributed by atoms with Gasteiger partial charge in [0.15, 0.2) is 0 Å². The Hall–Kier alpha value is -1.14. The molecule has 1 saturated heterocycles. The molecule has 2 aliphatic rings. The molecule has 0 spiro atoms. The van der Waals surface area contributed by atoms with E-state index in [1.54, 1.807) is 0 Å². The number of hydrogen-bond donors (Lipinski definition) is 2. The van der Waals surface area contributed by atoms with Gasteiger partial charge < -0.3 is 20.5 Å². The number of nitrogens with two attached hydrogens (primary N) is 1. The van der Waals surface area contributed by atoms with Crippen LogP contribution in [-0.4, -0.2) is 53.7 Å². The molecule has 0 aromatic carbocycles. The van der Waals surface area contributed by atoms with Crippen molar-refractivity contribution < 1.29 is 19.4 Å². The summed E-state index contributed by atoms with van der Waals surface area (Å²) in [6.07, 6.45) is 3.91. The number of methoxy groups -OCH3 is 1. The quantitative estimate of drug-likeness (QED) is 0.761. The van der Waals surface area contributed by atoms with Gasteiger partial charge in [-0.25, -0.2) is 4.79 Å². The number of likely N-dealkylation sites (tertiary alicyclic amines) is 1. The molecule has 0 radical (unpaired) electrons. The van der Waals surface area contributed by atoms with Crippen LogP contribution >= 0.6 is 0 Å². The molecule has 3 N–H and O–H groups in total. The van der Waals surface area contributed by atoms with Crippen molar-refractivity contribution >= 4 is 11.9 Å². The van der Waals surface area contributed by atoms with E-state index in [-0.39, 0.29) is 18.5 Å². The van der Waals surface area contributed by atoms with E-state index in [0.29, 0.717) is 12.3 Å².